The Kier molecular flexibility index (Phi) is 5.48. The number of pyridine rings is 2. The van der Waals surface area contributed by atoms with Crippen LogP contribution in [0.5, 0.6) is 0 Å². The number of aromatic nitrogens is 2. The third-order valence-corrected chi connectivity index (χ3v) is 4.22. The van der Waals surface area contributed by atoms with E-state index in [0.717, 1.165) is 5.69 Å². The number of hydrogen-bond donors (Lipinski definition) is 2. The highest BCUT2D eigenvalue weighted by Crippen LogP contribution is 2.29. The van der Waals surface area contributed by atoms with Crippen molar-refractivity contribution < 1.29 is 4.79 Å². The topological polar surface area (TPSA) is 66.9 Å². The first-order valence-corrected chi connectivity index (χ1v) is 8.24. The smallest absolute Gasteiger partial charge is 0.255 e. The molecule has 7 heteroatoms. The summed E-state index contributed by atoms with van der Waals surface area (Å²) in [5.41, 5.74) is 1.79. The van der Waals surface area contributed by atoms with Crippen molar-refractivity contribution in [2.24, 2.45) is 0 Å². The van der Waals surface area contributed by atoms with Crippen molar-refractivity contribution in [3.05, 3.63) is 82.2 Å². The summed E-state index contributed by atoms with van der Waals surface area (Å²) >= 11 is 12.1. The fourth-order valence-electron chi connectivity index (χ4n) is 2.15. The van der Waals surface area contributed by atoms with Crippen LogP contribution in [0, 0.1) is 0 Å². The second kappa shape index (κ2) is 7.96. The van der Waals surface area contributed by atoms with Crippen LogP contribution in [-0.2, 0) is 6.54 Å². The molecule has 0 aliphatic heterocycles. The van der Waals surface area contributed by atoms with Crippen LogP contribution in [-0.4, -0.2) is 15.9 Å². The van der Waals surface area contributed by atoms with Gasteiger partial charge >= 0.3 is 0 Å². The van der Waals surface area contributed by atoms with E-state index in [0.29, 0.717) is 33.7 Å². The van der Waals surface area contributed by atoms with Gasteiger partial charge in [-0.1, -0.05) is 35.3 Å². The first-order chi connectivity index (χ1) is 12.1. The largest absolute Gasteiger partial charge is 0.364 e. The zero-order chi connectivity index (χ0) is 17.6. The molecule has 2 aromatic heterocycles. The molecule has 0 atom stereocenters. The standard InChI is InChI=1S/C18H14Cl2N4O/c19-14-5-3-6-15(17(14)20)24-18(25)12-7-9-22-16(10-12)23-11-13-4-1-2-8-21-13/h1-10H,11H2,(H,22,23)(H,24,25). The number of hydrogen-bond acceptors (Lipinski definition) is 4. The van der Waals surface area contributed by atoms with Crippen LogP contribution in [0.4, 0.5) is 11.5 Å². The van der Waals surface area contributed by atoms with E-state index in [9.17, 15) is 4.79 Å². The van der Waals surface area contributed by atoms with Crippen LogP contribution >= 0.6 is 23.2 Å². The van der Waals surface area contributed by atoms with Crippen LogP contribution in [0.3, 0.4) is 0 Å². The van der Waals surface area contributed by atoms with Crippen molar-refractivity contribution in [1.29, 1.82) is 0 Å². The van der Waals surface area contributed by atoms with Gasteiger partial charge in [0.2, 0.25) is 0 Å². The van der Waals surface area contributed by atoms with E-state index in [-0.39, 0.29) is 5.91 Å². The van der Waals surface area contributed by atoms with Gasteiger partial charge in [-0.2, -0.15) is 0 Å². The highest BCUT2D eigenvalue weighted by atomic mass is 35.5. The molecule has 0 aliphatic rings. The Balaban J connectivity index is 1.70. The minimum absolute atomic E-state index is 0.299. The van der Waals surface area contributed by atoms with Crippen LogP contribution in [0.1, 0.15) is 16.1 Å². The second-order valence-corrected chi connectivity index (χ2v) is 5.95. The van der Waals surface area contributed by atoms with Gasteiger partial charge in [0.25, 0.3) is 5.91 Å². The Bertz CT molecular complexity index is 887. The summed E-state index contributed by atoms with van der Waals surface area (Å²) in [6.45, 7) is 0.513. The molecule has 3 rings (SSSR count). The Morgan fingerprint density at radius 2 is 1.88 bits per heavy atom. The third kappa shape index (κ3) is 4.47. The lowest BCUT2D eigenvalue weighted by Crippen LogP contribution is -2.13. The average Bonchev–Trinajstić information content (AvgIpc) is 2.65. The monoisotopic (exact) mass is 372 g/mol. The SMILES string of the molecule is O=C(Nc1cccc(Cl)c1Cl)c1ccnc(NCc2ccccn2)c1. The van der Waals surface area contributed by atoms with Gasteiger partial charge in [0, 0.05) is 18.0 Å². The number of amides is 1. The number of benzene rings is 1. The van der Waals surface area contributed by atoms with Gasteiger partial charge < -0.3 is 10.6 Å². The number of carbonyl (C=O) groups is 1. The van der Waals surface area contributed by atoms with Crippen molar-refractivity contribution >= 4 is 40.6 Å². The number of nitrogens with zero attached hydrogens (tertiary/aromatic N) is 2. The maximum Gasteiger partial charge on any atom is 0.255 e. The molecule has 0 aliphatic carbocycles. The van der Waals surface area contributed by atoms with Gasteiger partial charge in [0.05, 0.1) is 28.0 Å². The second-order valence-electron chi connectivity index (χ2n) is 5.16. The molecule has 25 heavy (non-hydrogen) atoms. The summed E-state index contributed by atoms with van der Waals surface area (Å²) in [7, 11) is 0. The molecule has 2 N–H and O–H groups in total. The summed E-state index contributed by atoms with van der Waals surface area (Å²) in [6, 6.07) is 14.0. The summed E-state index contributed by atoms with van der Waals surface area (Å²) < 4.78 is 0. The highest BCUT2D eigenvalue weighted by molar-refractivity contribution is 6.44. The number of rotatable bonds is 5. The number of halogens is 2. The molecule has 0 saturated heterocycles. The van der Waals surface area contributed by atoms with Crippen molar-refractivity contribution in [3.8, 4) is 0 Å². The van der Waals surface area contributed by atoms with Crippen LogP contribution in [0.15, 0.2) is 60.9 Å². The Morgan fingerprint density at radius 3 is 2.68 bits per heavy atom. The molecule has 1 amide bonds. The van der Waals surface area contributed by atoms with Crippen molar-refractivity contribution in [2.75, 3.05) is 10.6 Å². The lowest BCUT2D eigenvalue weighted by molar-refractivity contribution is 0.102. The molecule has 0 spiro atoms. The van der Waals surface area contributed by atoms with E-state index in [1.54, 1.807) is 42.7 Å². The maximum absolute atomic E-state index is 12.4. The molecule has 0 radical (unpaired) electrons. The fraction of sp³-hybridized carbons (Fsp3) is 0.0556. The Labute approximate surface area is 155 Å². The first kappa shape index (κ1) is 17.2. The zero-order valence-corrected chi connectivity index (χ0v) is 14.6. The molecule has 2 heterocycles. The molecule has 0 fully saturated rings. The van der Waals surface area contributed by atoms with Gasteiger partial charge in [-0.3, -0.25) is 9.78 Å². The predicted molar refractivity (Wildman–Crippen MR) is 100 cm³/mol. The van der Waals surface area contributed by atoms with Gasteiger partial charge in [-0.25, -0.2) is 4.98 Å². The van der Waals surface area contributed by atoms with Gasteiger partial charge in [-0.15, -0.1) is 0 Å². The fourth-order valence-corrected chi connectivity index (χ4v) is 2.49. The minimum Gasteiger partial charge on any atom is -0.364 e. The Hall–Kier alpha value is -2.63. The van der Waals surface area contributed by atoms with E-state index in [1.165, 1.54) is 0 Å². The molecular formula is C18H14Cl2N4O. The van der Waals surface area contributed by atoms with Gasteiger partial charge in [0.15, 0.2) is 0 Å². The number of anilines is 2. The lowest BCUT2D eigenvalue weighted by Gasteiger charge is -2.10. The van der Waals surface area contributed by atoms with E-state index in [2.05, 4.69) is 20.6 Å². The van der Waals surface area contributed by atoms with Crippen LogP contribution < -0.4 is 10.6 Å². The molecule has 0 bridgehead atoms. The van der Waals surface area contributed by atoms with E-state index < -0.39 is 0 Å². The quantitative estimate of drug-likeness (QED) is 0.683. The van der Waals surface area contributed by atoms with E-state index in [4.69, 9.17) is 23.2 Å². The van der Waals surface area contributed by atoms with Crippen LogP contribution in [0.2, 0.25) is 10.0 Å². The number of carbonyl (C=O) groups excluding carboxylic acids is 1. The first-order valence-electron chi connectivity index (χ1n) is 7.48. The summed E-state index contributed by atoms with van der Waals surface area (Å²) in [4.78, 5) is 20.9. The molecule has 3 aromatic rings. The summed E-state index contributed by atoms with van der Waals surface area (Å²) in [5.74, 6) is 0.281. The zero-order valence-electron chi connectivity index (χ0n) is 13.0. The average molecular weight is 373 g/mol. The van der Waals surface area contributed by atoms with Gasteiger partial charge in [0.1, 0.15) is 5.82 Å². The Morgan fingerprint density at radius 1 is 1.00 bits per heavy atom. The van der Waals surface area contributed by atoms with Crippen molar-refractivity contribution in [2.45, 2.75) is 6.54 Å². The maximum atomic E-state index is 12.4. The molecule has 0 unspecified atom stereocenters. The van der Waals surface area contributed by atoms with Crippen molar-refractivity contribution in [1.82, 2.24) is 9.97 Å². The van der Waals surface area contributed by atoms with E-state index >= 15 is 0 Å². The molecule has 126 valence electrons. The normalized spacial score (nSPS) is 10.3. The van der Waals surface area contributed by atoms with Gasteiger partial charge in [-0.05, 0) is 36.4 Å². The molecule has 1 aromatic carbocycles. The lowest BCUT2D eigenvalue weighted by atomic mass is 10.2. The van der Waals surface area contributed by atoms with Crippen molar-refractivity contribution in [3.63, 3.8) is 0 Å². The summed E-state index contributed by atoms with van der Waals surface area (Å²) in [5, 5.41) is 6.57. The highest BCUT2D eigenvalue weighted by Gasteiger charge is 2.11. The predicted octanol–water partition coefficient (Wildman–Crippen LogP) is 4.65. The number of nitrogens with one attached hydrogen (secondary N) is 2. The minimum atomic E-state index is -0.299. The van der Waals surface area contributed by atoms with E-state index in [1.807, 2.05) is 18.2 Å². The molecule has 5 nitrogen and oxygen atoms in total. The van der Waals surface area contributed by atoms with Crippen LogP contribution in [0.25, 0.3) is 0 Å². The molecule has 0 saturated carbocycles. The molecular weight excluding hydrogens is 359 g/mol. The summed E-state index contributed by atoms with van der Waals surface area (Å²) in [6.07, 6.45) is 3.29. The third-order valence-electron chi connectivity index (χ3n) is 3.40.